The Morgan fingerprint density at radius 2 is 1.92 bits per heavy atom. The number of nitrogens with one attached hydrogen (secondary N) is 2. The third-order valence-corrected chi connectivity index (χ3v) is 7.27. The molecular formula is C26H25Cl2FN6O4. The van der Waals surface area contributed by atoms with Gasteiger partial charge < -0.3 is 29.7 Å². The Bertz CT molecular complexity index is 1410. The number of halogens is 3. The van der Waals surface area contributed by atoms with E-state index in [1.807, 2.05) is 0 Å². The van der Waals surface area contributed by atoms with E-state index in [0.717, 1.165) is 6.20 Å². The van der Waals surface area contributed by atoms with Gasteiger partial charge in [0.2, 0.25) is 11.9 Å². The van der Waals surface area contributed by atoms with Crippen molar-refractivity contribution in [1.29, 1.82) is 0 Å². The van der Waals surface area contributed by atoms with Crippen molar-refractivity contribution >= 4 is 46.6 Å². The highest BCUT2D eigenvalue weighted by Gasteiger charge is 2.33. The zero-order valence-corrected chi connectivity index (χ0v) is 22.6. The molecule has 1 amide bonds. The molecule has 1 fully saturated rings. The maximum absolute atomic E-state index is 14.5. The van der Waals surface area contributed by atoms with Crippen molar-refractivity contribution in [1.82, 2.24) is 20.3 Å². The van der Waals surface area contributed by atoms with Gasteiger partial charge in [0.1, 0.15) is 33.2 Å². The molecule has 1 saturated heterocycles. The summed E-state index contributed by atoms with van der Waals surface area (Å²) in [6, 6.07) is 2.44. The van der Waals surface area contributed by atoms with Crippen molar-refractivity contribution in [3.8, 4) is 22.8 Å². The minimum atomic E-state index is -0.539. The predicted molar refractivity (Wildman–Crippen MR) is 146 cm³/mol. The highest BCUT2D eigenvalue weighted by atomic mass is 35.5. The average molecular weight is 575 g/mol. The normalized spacial score (nSPS) is 18.0. The number of pyridine rings is 1. The second-order valence-electron chi connectivity index (χ2n) is 8.87. The maximum Gasteiger partial charge on any atom is 0.243 e. The summed E-state index contributed by atoms with van der Waals surface area (Å²) in [5, 5.41) is 6.65. The van der Waals surface area contributed by atoms with E-state index in [1.165, 1.54) is 26.4 Å². The molecular weight excluding hydrogens is 550 g/mol. The van der Waals surface area contributed by atoms with Gasteiger partial charge in [-0.2, -0.15) is 0 Å². The zero-order chi connectivity index (χ0) is 27.7. The lowest BCUT2D eigenvalue weighted by atomic mass is 10.0. The molecule has 2 N–H and O–H groups in total. The van der Waals surface area contributed by atoms with Crippen LogP contribution in [0.2, 0.25) is 10.0 Å². The Labute approximate surface area is 234 Å². The number of carbonyl (C=O) groups excluding carboxylic acids is 1. The number of ether oxygens (including phenoxy) is 3. The van der Waals surface area contributed by atoms with Gasteiger partial charge in [0.15, 0.2) is 0 Å². The number of amides is 1. The highest BCUT2D eigenvalue weighted by Crippen LogP contribution is 2.51. The van der Waals surface area contributed by atoms with Crippen LogP contribution in [0.3, 0.4) is 0 Å². The van der Waals surface area contributed by atoms with Crippen molar-refractivity contribution in [2.24, 2.45) is 0 Å². The van der Waals surface area contributed by atoms with Gasteiger partial charge in [-0.25, -0.2) is 19.3 Å². The Balaban J connectivity index is 1.54. The Morgan fingerprint density at radius 1 is 1.18 bits per heavy atom. The lowest BCUT2D eigenvalue weighted by Crippen LogP contribution is -2.52. The van der Waals surface area contributed by atoms with Crippen LogP contribution in [-0.2, 0) is 16.1 Å². The largest absolute Gasteiger partial charge is 0.495 e. The van der Waals surface area contributed by atoms with Crippen LogP contribution in [0.5, 0.6) is 11.5 Å². The number of aromatic nitrogens is 3. The molecule has 0 radical (unpaired) electrons. The second kappa shape index (κ2) is 11.2. The number of nitrogens with zero attached hydrogens (tertiary/aromatic N) is 4. The second-order valence-corrected chi connectivity index (χ2v) is 9.63. The van der Waals surface area contributed by atoms with Crippen LogP contribution in [0, 0.1) is 5.82 Å². The third-order valence-electron chi connectivity index (χ3n) is 6.54. The van der Waals surface area contributed by atoms with Crippen LogP contribution in [0.4, 0.5) is 21.8 Å². The van der Waals surface area contributed by atoms with Gasteiger partial charge in [-0.3, -0.25) is 4.79 Å². The van der Waals surface area contributed by atoms with Gasteiger partial charge >= 0.3 is 0 Å². The summed E-state index contributed by atoms with van der Waals surface area (Å²) in [6.45, 7) is 4.61. The molecule has 10 nitrogen and oxygen atoms in total. The monoisotopic (exact) mass is 574 g/mol. The molecule has 4 heterocycles. The lowest BCUT2D eigenvalue weighted by molar-refractivity contribution is -0.117. The maximum atomic E-state index is 14.5. The molecule has 2 aromatic heterocycles. The molecule has 2 atom stereocenters. The fourth-order valence-corrected chi connectivity index (χ4v) is 5.35. The number of carbonyl (C=O) groups is 1. The SMILES string of the molecule is C=CC(=O)N[C@H]1CCOC[C@H]1Nc1ncc2c(n1)-c1cc(F)cnc1N(c1c(Cl)c(OC)cc(OC)c1Cl)C2. The smallest absolute Gasteiger partial charge is 0.243 e. The van der Waals surface area contributed by atoms with E-state index in [2.05, 4.69) is 27.2 Å². The first-order valence-electron chi connectivity index (χ1n) is 12.0. The van der Waals surface area contributed by atoms with Gasteiger partial charge in [0.05, 0.1) is 57.0 Å². The number of rotatable bonds is 7. The van der Waals surface area contributed by atoms with Crippen molar-refractivity contribution < 1.29 is 23.4 Å². The standard InChI is InChI=1S/C26H25Cl2FN6O4/c1-4-20(36)32-16-5-6-39-12-17(16)33-26-31-9-13-11-35(25-15(23(13)34-26)7-14(29)10-30-25)24-21(27)18(37-2)8-19(38-3)22(24)28/h4,7-10,16-17H,1,5-6,11-12H2,2-3H3,(H,32,36)(H,31,33,34)/t16-,17+/m0/s1. The molecule has 1 aromatic carbocycles. The molecule has 0 spiro atoms. The van der Waals surface area contributed by atoms with Crippen molar-refractivity contribution in [3.63, 3.8) is 0 Å². The molecule has 0 bridgehead atoms. The van der Waals surface area contributed by atoms with Crippen LogP contribution in [-0.4, -0.2) is 60.4 Å². The molecule has 2 aliphatic heterocycles. The number of hydrogen-bond acceptors (Lipinski definition) is 9. The molecule has 13 heteroatoms. The van der Waals surface area contributed by atoms with Gasteiger partial charge in [0, 0.05) is 30.0 Å². The Kier molecular flexibility index (Phi) is 7.74. The number of anilines is 3. The van der Waals surface area contributed by atoms with Gasteiger partial charge in [-0.05, 0) is 18.6 Å². The van der Waals surface area contributed by atoms with E-state index >= 15 is 0 Å². The molecule has 0 unspecified atom stereocenters. The Hall–Kier alpha value is -3.67. The highest BCUT2D eigenvalue weighted by molar-refractivity contribution is 6.41. The quantitative estimate of drug-likeness (QED) is 0.393. The molecule has 2 aliphatic rings. The number of benzene rings is 1. The molecule has 0 aliphatic carbocycles. The van der Waals surface area contributed by atoms with E-state index < -0.39 is 5.82 Å². The predicted octanol–water partition coefficient (Wildman–Crippen LogP) is 4.53. The molecule has 3 aromatic rings. The summed E-state index contributed by atoms with van der Waals surface area (Å²) in [5.41, 5.74) is 2.00. The fraction of sp³-hybridized carbons (Fsp3) is 0.308. The first kappa shape index (κ1) is 26.9. The molecule has 5 rings (SSSR count). The molecule has 204 valence electrons. The lowest BCUT2D eigenvalue weighted by Gasteiger charge is -2.34. The minimum Gasteiger partial charge on any atom is -0.495 e. The first-order chi connectivity index (χ1) is 18.8. The van der Waals surface area contributed by atoms with E-state index in [0.29, 0.717) is 65.4 Å². The third kappa shape index (κ3) is 5.17. The van der Waals surface area contributed by atoms with Crippen molar-refractivity contribution in [2.75, 3.05) is 37.7 Å². The van der Waals surface area contributed by atoms with E-state index in [9.17, 15) is 9.18 Å². The number of hydrogen-bond donors (Lipinski definition) is 2. The number of fused-ring (bicyclic) bond motifs is 3. The van der Waals surface area contributed by atoms with Crippen LogP contribution >= 0.6 is 23.2 Å². The van der Waals surface area contributed by atoms with E-state index in [4.69, 9.17) is 42.4 Å². The first-order valence-corrected chi connectivity index (χ1v) is 12.8. The van der Waals surface area contributed by atoms with Crippen molar-refractivity contribution in [3.05, 3.63) is 58.6 Å². The summed E-state index contributed by atoms with van der Waals surface area (Å²) in [5.74, 6) is 0.580. The Morgan fingerprint density at radius 3 is 2.62 bits per heavy atom. The summed E-state index contributed by atoms with van der Waals surface area (Å²) < 4.78 is 30.9. The fourth-order valence-electron chi connectivity index (χ4n) is 4.65. The average Bonchev–Trinajstić information content (AvgIpc) is 2.94. The summed E-state index contributed by atoms with van der Waals surface area (Å²) >= 11 is 13.4. The van der Waals surface area contributed by atoms with Gasteiger partial charge in [-0.15, -0.1) is 0 Å². The van der Waals surface area contributed by atoms with Crippen LogP contribution in [0.1, 0.15) is 12.0 Å². The topological polar surface area (TPSA) is 111 Å². The van der Waals surface area contributed by atoms with Gasteiger partial charge in [0.25, 0.3) is 0 Å². The van der Waals surface area contributed by atoms with Crippen LogP contribution in [0.25, 0.3) is 11.3 Å². The van der Waals surface area contributed by atoms with E-state index in [-0.39, 0.29) is 34.6 Å². The summed E-state index contributed by atoms with van der Waals surface area (Å²) in [7, 11) is 2.97. The van der Waals surface area contributed by atoms with Gasteiger partial charge in [-0.1, -0.05) is 29.8 Å². The summed E-state index contributed by atoms with van der Waals surface area (Å²) in [4.78, 5) is 27.2. The summed E-state index contributed by atoms with van der Waals surface area (Å²) in [6.07, 6.45) is 4.59. The van der Waals surface area contributed by atoms with Crippen LogP contribution < -0.4 is 25.0 Å². The molecule has 0 saturated carbocycles. The zero-order valence-electron chi connectivity index (χ0n) is 21.1. The minimum absolute atomic E-state index is 0.210. The van der Waals surface area contributed by atoms with Crippen LogP contribution in [0.15, 0.2) is 37.2 Å². The molecule has 39 heavy (non-hydrogen) atoms. The van der Waals surface area contributed by atoms with E-state index in [1.54, 1.807) is 17.2 Å². The van der Waals surface area contributed by atoms with Crippen molar-refractivity contribution in [2.45, 2.75) is 25.0 Å². The number of methoxy groups -OCH3 is 2.